The van der Waals surface area contributed by atoms with E-state index in [-0.39, 0.29) is 0 Å². The highest BCUT2D eigenvalue weighted by molar-refractivity contribution is 5.66. The number of carboxylic acids is 1. The van der Waals surface area contributed by atoms with Crippen molar-refractivity contribution in [2.24, 2.45) is 5.92 Å². The first-order valence-corrected chi connectivity index (χ1v) is 6.73. The Labute approximate surface area is 97.8 Å². The van der Waals surface area contributed by atoms with Crippen LogP contribution in [0.4, 0.5) is 0 Å². The monoisotopic (exact) mass is 225 g/mol. The summed E-state index contributed by atoms with van der Waals surface area (Å²) in [6, 6.07) is 0.694. The van der Waals surface area contributed by atoms with Crippen LogP contribution in [-0.4, -0.2) is 35.1 Å². The number of carboxylic acid groups (broad SMARTS) is 1. The predicted octanol–water partition coefficient (Wildman–Crippen LogP) is 2.51. The Hall–Kier alpha value is -0.570. The molecule has 3 nitrogen and oxygen atoms in total. The number of hydrogen-bond acceptors (Lipinski definition) is 2. The van der Waals surface area contributed by atoms with Crippen molar-refractivity contribution >= 4 is 5.97 Å². The molecular weight excluding hydrogens is 202 g/mol. The molecule has 92 valence electrons. The van der Waals surface area contributed by atoms with Crippen LogP contribution in [0.2, 0.25) is 0 Å². The van der Waals surface area contributed by atoms with Crippen LogP contribution in [0.3, 0.4) is 0 Å². The van der Waals surface area contributed by atoms with Crippen LogP contribution in [0, 0.1) is 5.92 Å². The molecule has 1 aliphatic heterocycles. The summed E-state index contributed by atoms with van der Waals surface area (Å²) in [5.74, 6) is 0.0125. The first kappa shape index (κ1) is 11.9. The quantitative estimate of drug-likeness (QED) is 0.799. The minimum Gasteiger partial charge on any atom is -0.481 e. The van der Waals surface area contributed by atoms with Crippen LogP contribution in [0.5, 0.6) is 0 Å². The summed E-state index contributed by atoms with van der Waals surface area (Å²) in [7, 11) is 0. The fourth-order valence-corrected chi connectivity index (χ4v) is 3.39. The summed E-state index contributed by atoms with van der Waals surface area (Å²) in [6.07, 6.45) is 9.13. The van der Waals surface area contributed by atoms with Crippen molar-refractivity contribution in [1.82, 2.24) is 4.90 Å². The molecule has 1 heterocycles. The maximum Gasteiger partial charge on any atom is 0.303 e. The van der Waals surface area contributed by atoms with E-state index in [0.717, 1.165) is 6.42 Å². The number of hydrogen-bond donors (Lipinski definition) is 1. The minimum atomic E-state index is -0.635. The Morgan fingerprint density at radius 3 is 2.56 bits per heavy atom. The van der Waals surface area contributed by atoms with Crippen LogP contribution in [0.15, 0.2) is 0 Å². The van der Waals surface area contributed by atoms with Crippen molar-refractivity contribution in [3.05, 3.63) is 0 Å². The molecule has 2 unspecified atom stereocenters. The van der Waals surface area contributed by atoms with Crippen molar-refractivity contribution in [2.45, 2.75) is 57.4 Å². The van der Waals surface area contributed by atoms with Crippen molar-refractivity contribution in [2.75, 3.05) is 13.1 Å². The van der Waals surface area contributed by atoms with E-state index in [0.29, 0.717) is 18.4 Å². The van der Waals surface area contributed by atoms with E-state index in [1.165, 1.54) is 51.6 Å². The molecule has 0 aromatic rings. The first-order chi connectivity index (χ1) is 7.77. The van der Waals surface area contributed by atoms with Gasteiger partial charge in [-0.2, -0.15) is 0 Å². The normalized spacial score (nSPS) is 31.8. The van der Waals surface area contributed by atoms with Gasteiger partial charge in [-0.25, -0.2) is 0 Å². The zero-order chi connectivity index (χ0) is 11.4. The van der Waals surface area contributed by atoms with E-state index < -0.39 is 5.97 Å². The van der Waals surface area contributed by atoms with Gasteiger partial charge in [0, 0.05) is 12.5 Å². The van der Waals surface area contributed by atoms with E-state index in [1.807, 2.05) is 0 Å². The number of carbonyl (C=O) groups is 1. The zero-order valence-corrected chi connectivity index (χ0v) is 10.0. The minimum absolute atomic E-state index is 0.356. The molecule has 2 fully saturated rings. The molecular formula is C13H23NO2. The lowest BCUT2D eigenvalue weighted by Gasteiger charge is -2.35. The molecule has 0 aromatic carbocycles. The van der Waals surface area contributed by atoms with Gasteiger partial charge in [0.25, 0.3) is 0 Å². The SMILES string of the molecule is O=C(O)CCC1CCCC1N1CCCCC1. The summed E-state index contributed by atoms with van der Waals surface area (Å²) in [5.41, 5.74) is 0. The second kappa shape index (κ2) is 5.67. The highest BCUT2D eigenvalue weighted by Crippen LogP contribution is 2.34. The molecule has 2 rings (SSSR count). The zero-order valence-electron chi connectivity index (χ0n) is 10.0. The Balaban J connectivity index is 1.84. The number of likely N-dealkylation sites (tertiary alicyclic amines) is 1. The number of piperidine rings is 1. The molecule has 3 heteroatoms. The average molecular weight is 225 g/mol. The fraction of sp³-hybridized carbons (Fsp3) is 0.923. The van der Waals surface area contributed by atoms with Gasteiger partial charge in [-0.1, -0.05) is 12.8 Å². The Morgan fingerprint density at radius 1 is 1.12 bits per heavy atom. The third kappa shape index (κ3) is 2.97. The number of aliphatic carboxylic acids is 1. The van der Waals surface area contributed by atoms with E-state index in [9.17, 15) is 4.79 Å². The topological polar surface area (TPSA) is 40.5 Å². The maximum absolute atomic E-state index is 10.6. The molecule has 0 bridgehead atoms. The number of rotatable bonds is 4. The molecule has 0 aromatic heterocycles. The standard InChI is InChI=1S/C13H23NO2/c15-13(16)8-7-11-5-4-6-12(11)14-9-2-1-3-10-14/h11-12H,1-10H2,(H,15,16). The summed E-state index contributed by atoms with van der Waals surface area (Å²) < 4.78 is 0. The van der Waals surface area contributed by atoms with E-state index in [4.69, 9.17) is 5.11 Å². The molecule has 0 radical (unpaired) electrons. The van der Waals surface area contributed by atoms with E-state index in [2.05, 4.69) is 4.90 Å². The van der Waals surface area contributed by atoms with Gasteiger partial charge in [-0.15, -0.1) is 0 Å². The summed E-state index contributed by atoms with van der Waals surface area (Å²) in [4.78, 5) is 13.3. The molecule has 1 N–H and O–H groups in total. The molecule has 1 saturated heterocycles. The molecule has 0 spiro atoms. The molecule has 16 heavy (non-hydrogen) atoms. The van der Waals surface area contributed by atoms with Gasteiger partial charge in [0.05, 0.1) is 0 Å². The second-order valence-corrected chi connectivity index (χ2v) is 5.29. The van der Waals surface area contributed by atoms with Gasteiger partial charge in [0.1, 0.15) is 0 Å². The lowest BCUT2D eigenvalue weighted by molar-refractivity contribution is -0.137. The van der Waals surface area contributed by atoms with E-state index >= 15 is 0 Å². The molecule has 0 amide bonds. The van der Waals surface area contributed by atoms with Gasteiger partial charge in [0.2, 0.25) is 0 Å². The maximum atomic E-state index is 10.6. The highest BCUT2D eigenvalue weighted by Gasteiger charge is 2.32. The molecule has 1 aliphatic carbocycles. The van der Waals surface area contributed by atoms with Crippen molar-refractivity contribution in [1.29, 1.82) is 0 Å². The van der Waals surface area contributed by atoms with E-state index in [1.54, 1.807) is 0 Å². The highest BCUT2D eigenvalue weighted by atomic mass is 16.4. The molecule has 1 saturated carbocycles. The smallest absolute Gasteiger partial charge is 0.303 e. The molecule has 2 aliphatic rings. The summed E-state index contributed by atoms with van der Waals surface area (Å²) >= 11 is 0. The van der Waals surface area contributed by atoms with Gasteiger partial charge in [-0.3, -0.25) is 4.79 Å². The van der Waals surface area contributed by atoms with Crippen molar-refractivity contribution < 1.29 is 9.90 Å². The van der Waals surface area contributed by atoms with Crippen LogP contribution in [-0.2, 0) is 4.79 Å². The van der Waals surface area contributed by atoms with Gasteiger partial charge in [0.15, 0.2) is 0 Å². The predicted molar refractivity (Wildman–Crippen MR) is 63.4 cm³/mol. The Morgan fingerprint density at radius 2 is 1.88 bits per heavy atom. The number of nitrogens with zero attached hydrogens (tertiary/aromatic N) is 1. The third-order valence-electron chi connectivity index (χ3n) is 4.21. The molecule has 2 atom stereocenters. The third-order valence-corrected chi connectivity index (χ3v) is 4.21. The average Bonchev–Trinajstić information content (AvgIpc) is 2.75. The van der Waals surface area contributed by atoms with Gasteiger partial charge < -0.3 is 10.0 Å². The van der Waals surface area contributed by atoms with Gasteiger partial charge in [-0.05, 0) is 51.1 Å². The van der Waals surface area contributed by atoms with Crippen molar-refractivity contribution in [3.8, 4) is 0 Å². The fourth-order valence-electron chi connectivity index (χ4n) is 3.39. The second-order valence-electron chi connectivity index (χ2n) is 5.29. The van der Waals surface area contributed by atoms with Crippen LogP contribution in [0.1, 0.15) is 51.4 Å². The Bertz CT molecular complexity index is 236. The summed E-state index contributed by atoms with van der Waals surface area (Å²) in [6.45, 7) is 2.49. The van der Waals surface area contributed by atoms with Crippen molar-refractivity contribution in [3.63, 3.8) is 0 Å². The van der Waals surface area contributed by atoms with Crippen LogP contribution >= 0.6 is 0 Å². The van der Waals surface area contributed by atoms with Crippen LogP contribution < -0.4 is 0 Å². The van der Waals surface area contributed by atoms with Crippen LogP contribution in [0.25, 0.3) is 0 Å². The first-order valence-electron chi connectivity index (χ1n) is 6.73. The lowest BCUT2D eigenvalue weighted by atomic mass is 9.95. The Kier molecular flexibility index (Phi) is 4.22. The van der Waals surface area contributed by atoms with Gasteiger partial charge >= 0.3 is 5.97 Å². The lowest BCUT2D eigenvalue weighted by Crippen LogP contribution is -2.41. The summed E-state index contributed by atoms with van der Waals surface area (Å²) in [5, 5.41) is 8.76. The largest absolute Gasteiger partial charge is 0.481 e.